The summed E-state index contributed by atoms with van der Waals surface area (Å²) in [4.78, 5) is 22.9. The van der Waals surface area contributed by atoms with Gasteiger partial charge in [0, 0.05) is 0 Å². The number of aliphatic carboxylic acids is 1. The van der Waals surface area contributed by atoms with E-state index in [1.165, 1.54) is 0 Å². The highest BCUT2D eigenvalue weighted by Gasteiger charge is 2.23. The third kappa shape index (κ3) is 5.45. The number of hydrogen-bond donors (Lipinski definition) is 2. The number of carboxylic acids is 1. The van der Waals surface area contributed by atoms with E-state index in [4.69, 9.17) is 9.84 Å². The molecule has 0 aromatic heterocycles. The molecule has 0 spiro atoms. The summed E-state index contributed by atoms with van der Waals surface area (Å²) in [5.41, 5.74) is 2.19. The first kappa shape index (κ1) is 17.0. The summed E-state index contributed by atoms with van der Waals surface area (Å²) < 4.78 is 5.20. The van der Waals surface area contributed by atoms with Gasteiger partial charge >= 0.3 is 12.1 Å². The van der Waals surface area contributed by atoms with Gasteiger partial charge in [-0.15, -0.1) is 0 Å². The van der Waals surface area contributed by atoms with E-state index < -0.39 is 23.7 Å². The predicted molar refractivity (Wildman–Crippen MR) is 80.3 cm³/mol. The number of nitrogens with one attached hydrogen (secondary N) is 1. The van der Waals surface area contributed by atoms with Crippen LogP contribution in [0.2, 0.25) is 0 Å². The number of amides is 1. The molecule has 0 saturated carbocycles. The third-order valence-electron chi connectivity index (χ3n) is 3.09. The van der Waals surface area contributed by atoms with E-state index in [9.17, 15) is 9.59 Å². The Morgan fingerprint density at radius 3 is 2.43 bits per heavy atom. The van der Waals surface area contributed by atoms with Crippen molar-refractivity contribution < 1.29 is 19.4 Å². The highest BCUT2D eigenvalue weighted by Crippen LogP contribution is 2.23. The van der Waals surface area contributed by atoms with Crippen molar-refractivity contribution in [2.24, 2.45) is 0 Å². The van der Waals surface area contributed by atoms with Crippen molar-refractivity contribution in [1.29, 1.82) is 0 Å². The lowest BCUT2D eigenvalue weighted by Gasteiger charge is -2.24. The van der Waals surface area contributed by atoms with Crippen molar-refractivity contribution >= 4 is 12.1 Å². The molecule has 1 amide bonds. The average Bonchev–Trinajstić information content (AvgIpc) is 2.28. The fourth-order valence-corrected chi connectivity index (χ4v) is 2.01. The molecule has 0 radical (unpaired) electrons. The quantitative estimate of drug-likeness (QED) is 0.892. The van der Waals surface area contributed by atoms with Crippen LogP contribution in [-0.2, 0) is 9.53 Å². The van der Waals surface area contributed by atoms with Gasteiger partial charge in [0.1, 0.15) is 5.60 Å². The van der Waals surface area contributed by atoms with Gasteiger partial charge in [0.05, 0.1) is 12.5 Å². The van der Waals surface area contributed by atoms with Crippen LogP contribution in [0.1, 0.15) is 49.9 Å². The van der Waals surface area contributed by atoms with Crippen molar-refractivity contribution in [3.8, 4) is 0 Å². The highest BCUT2D eigenvalue weighted by molar-refractivity contribution is 5.72. The molecule has 116 valence electrons. The number of hydrogen-bond acceptors (Lipinski definition) is 3. The van der Waals surface area contributed by atoms with E-state index in [0.29, 0.717) is 0 Å². The molecule has 5 heteroatoms. The van der Waals surface area contributed by atoms with E-state index in [1.54, 1.807) is 20.8 Å². The lowest BCUT2D eigenvalue weighted by molar-refractivity contribution is -0.137. The molecule has 0 saturated heterocycles. The zero-order valence-corrected chi connectivity index (χ0v) is 13.2. The van der Waals surface area contributed by atoms with Crippen molar-refractivity contribution in [3.05, 3.63) is 34.9 Å². The van der Waals surface area contributed by atoms with Crippen molar-refractivity contribution in [1.82, 2.24) is 5.32 Å². The molecular formula is C16H23NO4. The minimum Gasteiger partial charge on any atom is -0.481 e. The largest absolute Gasteiger partial charge is 0.481 e. The van der Waals surface area contributed by atoms with Gasteiger partial charge in [0.2, 0.25) is 0 Å². The fourth-order valence-electron chi connectivity index (χ4n) is 2.01. The lowest BCUT2D eigenvalue weighted by atomic mass is 9.95. The molecule has 0 bridgehead atoms. The normalized spacial score (nSPS) is 12.6. The van der Waals surface area contributed by atoms with Crippen molar-refractivity contribution in [2.45, 2.75) is 52.7 Å². The summed E-state index contributed by atoms with van der Waals surface area (Å²) in [6.45, 7) is 9.14. The van der Waals surface area contributed by atoms with Gasteiger partial charge in [0.25, 0.3) is 0 Å². The lowest BCUT2D eigenvalue weighted by Crippen LogP contribution is -2.36. The Hall–Kier alpha value is -2.04. The number of aryl methyl sites for hydroxylation is 1. The summed E-state index contributed by atoms with van der Waals surface area (Å²) in [5.74, 6) is -0.975. The number of benzene rings is 1. The standard InChI is InChI=1S/C16H23NO4/c1-10-7-6-8-12(11(10)2)13(9-14(18)19)17-15(20)21-16(3,4)5/h6-8,13H,9H2,1-5H3,(H,17,20)(H,18,19)/t13-/m0/s1. The van der Waals surface area contributed by atoms with Gasteiger partial charge in [0.15, 0.2) is 0 Å². The van der Waals surface area contributed by atoms with E-state index in [-0.39, 0.29) is 6.42 Å². The van der Waals surface area contributed by atoms with Crippen LogP contribution in [0.4, 0.5) is 4.79 Å². The summed E-state index contributed by atoms with van der Waals surface area (Å²) in [7, 11) is 0. The van der Waals surface area contributed by atoms with Gasteiger partial charge in [-0.1, -0.05) is 18.2 Å². The Kier molecular flexibility index (Phi) is 5.35. The van der Waals surface area contributed by atoms with Crippen LogP contribution in [0.5, 0.6) is 0 Å². The van der Waals surface area contributed by atoms with Gasteiger partial charge in [-0.3, -0.25) is 4.79 Å². The van der Waals surface area contributed by atoms with Crippen molar-refractivity contribution in [2.75, 3.05) is 0 Å². The summed E-state index contributed by atoms with van der Waals surface area (Å²) in [6.07, 6.45) is -0.807. The van der Waals surface area contributed by atoms with Gasteiger partial charge in [-0.2, -0.15) is 0 Å². The molecule has 0 aliphatic heterocycles. The second-order valence-electron chi connectivity index (χ2n) is 6.09. The minimum absolute atomic E-state index is 0.191. The van der Waals surface area contributed by atoms with Crippen LogP contribution in [0.3, 0.4) is 0 Å². The van der Waals surface area contributed by atoms with E-state index >= 15 is 0 Å². The zero-order valence-electron chi connectivity index (χ0n) is 13.2. The molecule has 1 atom stereocenters. The Morgan fingerprint density at radius 2 is 1.90 bits per heavy atom. The summed E-state index contributed by atoms with van der Waals surface area (Å²) in [5, 5.41) is 11.7. The maximum atomic E-state index is 11.9. The second kappa shape index (κ2) is 6.61. The molecule has 0 fully saturated rings. The number of rotatable bonds is 4. The molecule has 0 aliphatic carbocycles. The maximum absolute atomic E-state index is 11.9. The van der Waals surface area contributed by atoms with E-state index in [2.05, 4.69) is 5.32 Å². The first-order chi connectivity index (χ1) is 9.60. The maximum Gasteiger partial charge on any atom is 0.408 e. The summed E-state index contributed by atoms with van der Waals surface area (Å²) in [6, 6.07) is 5.01. The summed E-state index contributed by atoms with van der Waals surface area (Å²) >= 11 is 0. The van der Waals surface area contributed by atoms with Crippen LogP contribution in [0, 0.1) is 13.8 Å². The molecule has 1 aromatic carbocycles. The van der Waals surface area contributed by atoms with Gasteiger partial charge in [-0.05, 0) is 51.3 Å². The SMILES string of the molecule is Cc1cccc([C@H](CC(=O)O)NC(=O)OC(C)(C)C)c1C. The minimum atomic E-state index is -0.975. The fraction of sp³-hybridized carbons (Fsp3) is 0.500. The predicted octanol–water partition coefficient (Wildman–Crippen LogP) is 3.34. The number of ether oxygens (including phenoxy) is 1. The van der Waals surface area contributed by atoms with E-state index in [1.807, 2.05) is 32.0 Å². The smallest absolute Gasteiger partial charge is 0.408 e. The molecule has 0 unspecified atom stereocenters. The first-order valence-electron chi connectivity index (χ1n) is 6.87. The van der Waals surface area contributed by atoms with Crippen LogP contribution in [0.25, 0.3) is 0 Å². The molecule has 0 heterocycles. The number of carbonyl (C=O) groups excluding carboxylic acids is 1. The zero-order chi connectivity index (χ0) is 16.2. The van der Waals surface area contributed by atoms with Gasteiger partial charge < -0.3 is 15.2 Å². The second-order valence-corrected chi connectivity index (χ2v) is 6.09. The molecule has 1 aromatic rings. The topological polar surface area (TPSA) is 75.6 Å². The van der Waals surface area contributed by atoms with Crippen LogP contribution in [0.15, 0.2) is 18.2 Å². The van der Waals surface area contributed by atoms with Gasteiger partial charge in [-0.25, -0.2) is 4.79 Å². The van der Waals surface area contributed by atoms with E-state index in [0.717, 1.165) is 16.7 Å². The number of carboxylic acid groups (broad SMARTS) is 1. The first-order valence-corrected chi connectivity index (χ1v) is 6.87. The molecule has 0 aliphatic rings. The molecule has 5 nitrogen and oxygen atoms in total. The van der Waals surface area contributed by atoms with Crippen LogP contribution < -0.4 is 5.32 Å². The highest BCUT2D eigenvalue weighted by atomic mass is 16.6. The number of alkyl carbamates (subject to hydrolysis) is 1. The molecule has 21 heavy (non-hydrogen) atoms. The Morgan fingerprint density at radius 1 is 1.29 bits per heavy atom. The average molecular weight is 293 g/mol. The van der Waals surface area contributed by atoms with Crippen LogP contribution >= 0.6 is 0 Å². The Balaban J connectivity index is 2.98. The number of carbonyl (C=O) groups is 2. The Bertz CT molecular complexity index is 532. The monoisotopic (exact) mass is 293 g/mol. The molecular weight excluding hydrogens is 270 g/mol. The molecule has 2 N–H and O–H groups in total. The Labute approximate surface area is 125 Å². The third-order valence-corrected chi connectivity index (χ3v) is 3.09. The van der Waals surface area contributed by atoms with Crippen molar-refractivity contribution in [3.63, 3.8) is 0 Å². The molecule has 1 rings (SSSR count). The van der Waals surface area contributed by atoms with Crippen LogP contribution in [-0.4, -0.2) is 22.8 Å².